The molecule has 1 heterocycles. The molecule has 0 spiro atoms. The summed E-state index contributed by atoms with van der Waals surface area (Å²) < 4.78 is 33.7. The fourth-order valence-electron chi connectivity index (χ4n) is 1.51. The van der Waals surface area contributed by atoms with E-state index in [9.17, 15) is 8.78 Å². The van der Waals surface area contributed by atoms with Crippen molar-refractivity contribution < 1.29 is 17.9 Å². The third-order valence-electron chi connectivity index (χ3n) is 2.46. The SMILES string of the molecule is CC(C)NCc1nnc(Nc2ccc(OC(F)F)cc2)o1. The van der Waals surface area contributed by atoms with Crippen LogP contribution in [0, 0.1) is 0 Å². The number of aromatic nitrogens is 2. The van der Waals surface area contributed by atoms with E-state index >= 15 is 0 Å². The highest BCUT2D eigenvalue weighted by Crippen LogP contribution is 2.20. The first-order chi connectivity index (χ1) is 10.0. The van der Waals surface area contributed by atoms with Gasteiger partial charge in [0.05, 0.1) is 6.54 Å². The Bertz CT molecular complexity index is 558. The van der Waals surface area contributed by atoms with Crippen LogP contribution < -0.4 is 15.4 Å². The van der Waals surface area contributed by atoms with Gasteiger partial charge in [-0.15, -0.1) is 5.10 Å². The Balaban J connectivity index is 1.92. The van der Waals surface area contributed by atoms with Crippen molar-refractivity contribution in [3.05, 3.63) is 30.2 Å². The molecule has 0 atom stereocenters. The zero-order chi connectivity index (χ0) is 15.2. The van der Waals surface area contributed by atoms with Gasteiger partial charge in [-0.1, -0.05) is 18.9 Å². The van der Waals surface area contributed by atoms with E-state index in [0.29, 0.717) is 24.2 Å². The highest BCUT2D eigenvalue weighted by molar-refractivity contribution is 5.53. The molecule has 0 bridgehead atoms. The van der Waals surface area contributed by atoms with Gasteiger partial charge >= 0.3 is 12.6 Å². The summed E-state index contributed by atoms with van der Waals surface area (Å²) in [4.78, 5) is 0. The molecule has 0 amide bonds. The molecule has 114 valence electrons. The van der Waals surface area contributed by atoms with Crippen LogP contribution in [0.1, 0.15) is 19.7 Å². The maximum Gasteiger partial charge on any atom is 0.387 e. The van der Waals surface area contributed by atoms with Crippen LogP contribution in [0.4, 0.5) is 20.5 Å². The molecule has 1 aromatic heterocycles. The lowest BCUT2D eigenvalue weighted by Crippen LogP contribution is -2.21. The third kappa shape index (κ3) is 4.99. The molecular weight excluding hydrogens is 282 g/mol. The molecule has 0 aliphatic rings. The average molecular weight is 298 g/mol. The van der Waals surface area contributed by atoms with Crippen molar-refractivity contribution in [2.24, 2.45) is 0 Å². The number of alkyl halides is 2. The van der Waals surface area contributed by atoms with Gasteiger partial charge in [-0.25, -0.2) is 0 Å². The number of nitrogens with one attached hydrogen (secondary N) is 2. The minimum Gasteiger partial charge on any atom is -0.435 e. The van der Waals surface area contributed by atoms with Gasteiger partial charge in [0.1, 0.15) is 5.75 Å². The molecule has 8 heteroatoms. The van der Waals surface area contributed by atoms with Crippen molar-refractivity contribution in [1.82, 2.24) is 15.5 Å². The number of hydrogen-bond donors (Lipinski definition) is 2. The van der Waals surface area contributed by atoms with E-state index in [1.807, 2.05) is 13.8 Å². The smallest absolute Gasteiger partial charge is 0.387 e. The fraction of sp³-hybridized carbons (Fsp3) is 0.385. The maximum atomic E-state index is 12.0. The van der Waals surface area contributed by atoms with Crippen molar-refractivity contribution in [3.63, 3.8) is 0 Å². The number of hydrogen-bond acceptors (Lipinski definition) is 6. The largest absolute Gasteiger partial charge is 0.435 e. The van der Waals surface area contributed by atoms with Gasteiger partial charge in [-0.05, 0) is 24.3 Å². The van der Waals surface area contributed by atoms with E-state index < -0.39 is 6.61 Å². The Labute approximate surface area is 120 Å². The summed E-state index contributed by atoms with van der Waals surface area (Å²) in [7, 11) is 0. The maximum absolute atomic E-state index is 12.0. The standard InChI is InChI=1S/C13H16F2N4O2/c1-8(2)16-7-11-18-19-13(21-11)17-9-3-5-10(6-4-9)20-12(14)15/h3-6,8,12,16H,7H2,1-2H3,(H,17,19). The normalized spacial score (nSPS) is 11.1. The molecular formula is C13H16F2N4O2. The van der Waals surface area contributed by atoms with Gasteiger partial charge in [0.25, 0.3) is 0 Å². The molecule has 0 radical (unpaired) electrons. The van der Waals surface area contributed by atoms with E-state index in [1.165, 1.54) is 12.1 Å². The number of ether oxygens (including phenoxy) is 1. The number of halogens is 2. The zero-order valence-corrected chi connectivity index (χ0v) is 11.6. The summed E-state index contributed by atoms with van der Waals surface area (Å²) in [5.74, 6) is 0.548. The lowest BCUT2D eigenvalue weighted by molar-refractivity contribution is -0.0498. The molecule has 0 unspecified atom stereocenters. The summed E-state index contributed by atoms with van der Waals surface area (Å²) in [6.07, 6.45) is 0. The minimum absolute atomic E-state index is 0.0860. The zero-order valence-electron chi connectivity index (χ0n) is 11.6. The molecule has 0 fully saturated rings. The van der Waals surface area contributed by atoms with Crippen LogP contribution >= 0.6 is 0 Å². The van der Waals surface area contributed by atoms with Gasteiger partial charge in [0, 0.05) is 11.7 Å². The van der Waals surface area contributed by atoms with Gasteiger partial charge < -0.3 is 19.8 Å². The van der Waals surface area contributed by atoms with E-state index in [0.717, 1.165) is 0 Å². The van der Waals surface area contributed by atoms with Crippen LogP contribution in [-0.2, 0) is 6.54 Å². The monoisotopic (exact) mass is 298 g/mol. The van der Waals surface area contributed by atoms with Gasteiger partial charge in [-0.3, -0.25) is 0 Å². The number of benzene rings is 1. The summed E-state index contributed by atoms with van der Waals surface area (Å²) in [5.41, 5.74) is 0.628. The van der Waals surface area contributed by atoms with Crippen LogP contribution in [0.2, 0.25) is 0 Å². The average Bonchev–Trinajstić information content (AvgIpc) is 2.86. The second-order valence-electron chi connectivity index (χ2n) is 4.56. The fourth-order valence-corrected chi connectivity index (χ4v) is 1.51. The van der Waals surface area contributed by atoms with Crippen molar-refractivity contribution in [3.8, 4) is 5.75 Å². The summed E-state index contributed by atoms with van der Waals surface area (Å²) in [6, 6.07) is 6.55. The topological polar surface area (TPSA) is 72.2 Å². The summed E-state index contributed by atoms with van der Waals surface area (Å²) in [5, 5.41) is 13.8. The van der Waals surface area contributed by atoms with Crippen LogP contribution in [0.5, 0.6) is 5.75 Å². The highest BCUT2D eigenvalue weighted by atomic mass is 19.3. The van der Waals surface area contributed by atoms with Crippen LogP contribution in [0.3, 0.4) is 0 Å². The first kappa shape index (κ1) is 15.2. The predicted molar refractivity (Wildman–Crippen MR) is 72.6 cm³/mol. The predicted octanol–water partition coefficient (Wildman–Crippen LogP) is 2.91. The van der Waals surface area contributed by atoms with Crippen LogP contribution in [0.25, 0.3) is 0 Å². The van der Waals surface area contributed by atoms with Gasteiger partial charge in [0.15, 0.2) is 0 Å². The molecule has 2 rings (SSSR count). The first-order valence-corrected chi connectivity index (χ1v) is 6.40. The molecule has 6 nitrogen and oxygen atoms in total. The molecule has 0 aliphatic carbocycles. The Hall–Kier alpha value is -2.22. The second-order valence-corrected chi connectivity index (χ2v) is 4.56. The van der Waals surface area contributed by atoms with Gasteiger partial charge in [0.2, 0.25) is 5.89 Å². The number of rotatable bonds is 7. The summed E-state index contributed by atoms with van der Waals surface area (Å²) in [6.45, 7) is 1.67. The molecule has 21 heavy (non-hydrogen) atoms. The Morgan fingerprint density at radius 1 is 1.19 bits per heavy atom. The molecule has 0 aliphatic heterocycles. The van der Waals surface area contributed by atoms with Crippen molar-refractivity contribution in [2.75, 3.05) is 5.32 Å². The van der Waals surface area contributed by atoms with Crippen molar-refractivity contribution in [2.45, 2.75) is 33.0 Å². The molecule has 2 aromatic rings. The van der Waals surface area contributed by atoms with E-state index in [-0.39, 0.29) is 11.8 Å². The highest BCUT2D eigenvalue weighted by Gasteiger charge is 2.07. The van der Waals surface area contributed by atoms with E-state index in [1.54, 1.807) is 12.1 Å². The van der Waals surface area contributed by atoms with Crippen LogP contribution in [-0.4, -0.2) is 22.9 Å². The molecule has 0 saturated carbocycles. The number of anilines is 2. The van der Waals surface area contributed by atoms with Crippen LogP contribution in [0.15, 0.2) is 28.7 Å². The Morgan fingerprint density at radius 3 is 2.52 bits per heavy atom. The molecule has 1 aromatic carbocycles. The van der Waals surface area contributed by atoms with E-state index in [4.69, 9.17) is 4.42 Å². The van der Waals surface area contributed by atoms with E-state index in [2.05, 4.69) is 25.6 Å². The minimum atomic E-state index is -2.84. The lowest BCUT2D eigenvalue weighted by Gasteiger charge is -2.05. The van der Waals surface area contributed by atoms with Gasteiger partial charge in [-0.2, -0.15) is 8.78 Å². The van der Waals surface area contributed by atoms with Crippen molar-refractivity contribution >= 4 is 11.7 Å². The lowest BCUT2D eigenvalue weighted by atomic mass is 10.3. The molecule has 2 N–H and O–H groups in total. The summed E-state index contributed by atoms with van der Waals surface area (Å²) >= 11 is 0. The Morgan fingerprint density at radius 2 is 1.90 bits per heavy atom. The van der Waals surface area contributed by atoms with Crippen molar-refractivity contribution in [1.29, 1.82) is 0 Å². The Kier molecular flexibility index (Phi) is 5.04. The quantitative estimate of drug-likeness (QED) is 0.819. The first-order valence-electron chi connectivity index (χ1n) is 6.40. The molecule has 0 saturated heterocycles. The third-order valence-corrected chi connectivity index (χ3v) is 2.46. The number of nitrogens with zero attached hydrogens (tertiary/aromatic N) is 2. The second kappa shape index (κ2) is 6.98.